The highest BCUT2D eigenvalue weighted by atomic mass is 79.9. The van der Waals surface area contributed by atoms with E-state index in [1.54, 1.807) is 6.07 Å². The molecule has 0 amide bonds. The standard InChI is InChI=1S/C6H2Br2N2O/c7-3-2-10-4(1-9)6(11)5(3)8/h2,11H. The minimum Gasteiger partial charge on any atom is -0.504 e. The molecule has 0 aliphatic rings. The second kappa shape index (κ2) is 3.20. The highest BCUT2D eigenvalue weighted by molar-refractivity contribution is 9.13. The van der Waals surface area contributed by atoms with Crippen LogP contribution in [0.5, 0.6) is 5.75 Å². The van der Waals surface area contributed by atoms with Gasteiger partial charge in [-0.3, -0.25) is 0 Å². The average molecular weight is 278 g/mol. The van der Waals surface area contributed by atoms with Crippen molar-refractivity contribution in [1.82, 2.24) is 4.98 Å². The first-order valence-corrected chi connectivity index (χ1v) is 4.18. The summed E-state index contributed by atoms with van der Waals surface area (Å²) in [6.45, 7) is 0. The maximum absolute atomic E-state index is 9.22. The number of halogens is 2. The van der Waals surface area contributed by atoms with E-state index in [4.69, 9.17) is 5.26 Å². The molecule has 0 bridgehead atoms. The minimum atomic E-state index is -0.137. The molecule has 3 nitrogen and oxygen atoms in total. The van der Waals surface area contributed by atoms with E-state index in [1.165, 1.54) is 6.20 Å². The lowest BCUT2D eigenvalue weighted by molar-refractivity contribution is 0.466. The Hall–Kier alpha value is -0.600. The summed E-state index contributed by atoms with van der Waals surface area (Å²) >= 11 is 6.21. The second-order valence-electron chi connectivity index (χ2n) is 1.73. The van der Waals surface area contributed by atoms with Gasteiger partial charge in [0.2, 0.25) is 0 Å². The molecule has 1 heterocycles. The number of aromatic nitrogens is 1. The van der Waals surface area contributed by atoms with Crippen LogP contribution in [0.3, 0.4) is 0 Å². The van der Waals surface area contributed by atoms with Crippen LogP contribution in [0.2, 0.25) is 0 Å². The fourth-order valence-electron chi connectivity index (χ4n) is 0.538. The summed E-state index contributed by atoms with van der Waals surface area (Å²) in [7, 11) is 0. The van der Waals surface area contributed by atoms with Gasteiger partial charge in [-0.15, -0.1) is 0 Å². The normalized spacial score (nSPS) is 9.18. The lowest BCUT2D eigenvalue weighted by Crippen LogP contribution is -1.84. The molecule has 0 aromatic carbocycles. The maximum atomic E-state index is 9.22. The summed E-state index contributed by atoms with van der Waals surface area (Å²) in [5.74, 6) is -0.137. The number of pyridine rings is 1. The molecule has 1 N–H and O–H groups in total. The monoisotopic (exact) mass is 276 g/mol. The lowest BCUT2D eigenvalue weighted by atomic mass is 10.3. The van der Waals surface area contributed by atoms with Gasteiger partial charge >= 0.3 is 0 Å². The van der Waals surface area contributed by atoms with Crippen LogP contribution in [0, 0.1) is 11.3 Å². The van der Waals surface area contributed by atoms with Crippen molar-refractivity contribution in [3.63, 3.8) is 0 Å². The third-order valence-electron chi connectivity index (χ3n) is 1.05. The third kappa shape index (κ3) is 1.52. The van der Waals surface area contributed by atoms with Crippen molar-refractivity contribution < 1.29 is 5.11 Å². The SMILES string of the molecule is N#Cc1ncc(Br)c(Br)c1O. The van der Waals surface area contributed by atoms with E-state index in [0.29, 0.717) is 8.95 Å². The summed E-state index contributed by atoms with van der Waals surface area (Å²) in [6.07, 6.45) is 1.45. The average Bonchev–Trinajstić information content (AvgIpc) is 2.01. The molecule has 0 aliphatic heterocycles. The zero-order chi connectivity index (χ0) is 8.43. The van der Waals surface area contributed by atoms with Crippen molar-refractivity contribution in [2.75, 3.05) is 0 Å². The summed E-state index contributed by atoms with van der Waals surface area (Å²) in [4.78, 5) is 3.67. The quantitative estimate of drug-likeness (QED) is 0.791. The Morgan fingerprint density at radius 2 is 2.18 bits per heavy atom. The number of rotatable bonds is 0. The Morgan fingerprint density at radius 3 is 2.73 bits per heavy atom. The molecule has 0 fully saturated rings. The van der Waals surface area contributed by atoms with Crippen molar-refractivity contribution in [1.29, 1.82) is 5.26 Å². The number of nitrogens with zero attached hydrogens (tertiary/aromatic N) is 2. The van der Waals surface area contributed by atoms with Crippen LogP contribution in [-0.2, 0) is 0 Å². The van der Waals surface area contributed by atoms with Crippen LogP contribution in [-0.4, -0.2) is 10.1 Å². The molecule has 5 heteroatoms. The predicted molar refractivity (Wildman–Crippen MR) is 46.0 cm³/mol. The van der Waals surface area contributed by atoms with E-state index in [-0.39, 0.29) is 11.4 Å². The number of aromatic hydroxyl groups is 1. The van der Waals surface area contributed by atoms with Gasteiger partial charge in [-0.25, -0.2) is 4.98 Å². The van der Waals surface area contributed by atoms with E-state index >= 15 is 0 Å². The highest BCUT2D eigenvalue weighted by Gasteiger charge is 2.08. The van der Waals surface area contributed by atoms with Crippen molar-refractivity contribution in [2.24, 2.45) is 0 Å². The molecule has 0 saturated carbocycles. The number of hydrogen-bond acceptors (Lipinski definition) is 3. The van der Waals surface area contributed by atoms with Crippen LogP contribution < -0.4 is 0 Å². The molecule has 0 aliphatic carbocycles. The van der Waals surface area contributed by atoms with E-state index < -0.39 is 0 Å². The molecule has 0 saturated heterocycles. The summed E-state index contributed by atoms with van der Waals surface area (Å²) < 4.78 is 1.07. The van der Waals surface area contributed by atoms with Gasteiger partial charge < -0.3 is 5.11 Å². The van der Waals surface area contributed by atoms with Gasteiger partial charge in [0.05, 0.1) is 8.95 Å². The van der Waals surface area contributed by atoms with Gasteiger partial charge in [0.1, 0.15) is 6.07 Å². The van der Waals surface area contributed by atoms with Gasteiger partial charge in [-0.2, -0.15) is 5.26 Å². The molecule has 1 rings (SSSR count). The number of hydrogen-bond donors (Lipinski definition) is 1. The largest absolute Gasteiger partial charge is 0.504 e. The van der Waals surface area contributed by atoms with Gasteiger partial charge in [-0.05, 0) is 31.9 Å². The van der Waals surface area contributed by atoms with Crippen LogP contribution in [0.4, 0.5) is 0 Å². The van der Waals surface area contributed by atoms with Gasteiger partial charge in [0.15, 0.2) is 11.4 Å². The van der Waals surface area contributed by atoms with Gasteiger partial charge in [-0.1, -0.05) is 0 Å². The highest BCUT2D eigenvalue weighted by Crippen LogP contribution is 2.32. The second-order valence-corrected chi connectivity index (χ2v) is 3.38. The molecule has 56 valence electrons. The topological polar surface area (TPSA) is 56.9 Å². The molecular weight excluding hydrogens is 276 g/mol. The van der Waals surface area contributed by atoms with E-state index in [1.807, 2.05) is 0 Å². The molecule has 0 atom stereocenters. The first-order valence-electron chi connectivity index (χ1n) is 2.60. The Bertz CT molecular complexity index is 332. The van der Waals surface area contributed by atoms with Crippen molar-refractivity contribution >= 4 is 31.9 Å². The Morgan fingerprint density at radius 1 is 1.55 bits per heavy atom. The van der Waals surface area contributed by atoms with Crippen LogP contribution >= 0.6 is 31.9 Å². The molecule has 1 aromatic heterocycles. The minimum absolute atomic E-state index is 0.0140. The number of nitriles is 1. The van der Waals surface area contributed by atoms with Crippen molar-refractivity contribution in [3.8, 4) is 11.8 Å². The Balaban J connectivity index is 3.40. The Kier molecular flexibility index (Phi) is 2.47. The van der Waals surface area contributed by atoms with Crippen molar-refractivity contribution in [3.05, 3.63) is 20.8 Å². The summed E-state index contributed by atoms with van der Waals surface area (Å²) in [6, 6.07) is 1.75. The zero-order valence-electron chi connectivity index (χ0n) is 5.17. The van der Waals surface area contributed by atoms with Gasteiger partial charge in [0.25, 0.3) is 0 Å². The van der Waals surface area contributed by atoms with Gasteiger partial charge in [0, 0.05) is 6.20 Å². The fourth-order valence-corrected chi connectivity index (χ4v) is 1.12. The van der Waals surface area contributed by atoms with Crippen molar-refractivity contribution in [2.45, 2.75) is 0 Å². The van der Waals surface area contributed by atoms with Crippen LogP contribution in [0.15, 0.2) is 15.1 Å². The molecule has 0 radical (unpaired) electrons. The zero-order valence-corrected chi connectivity index (χ0v) is 8.35. The van der Waals surface area contributed by atoms with Crippen LogP contribution in [0.1, 0.15) is 5.69 Å². The smallest absolute Gasteiger partial charge is 0.183 e. The maximum Gasteiger partial charge on any atom is 0.183 e. The predicted octanol–water partition coefficient (Wildman–Crippen LogP) is 2.18. The lowest BCUT2D eigenvalue weighted by Gasteiger charge is -1.98. The Labute approximate surface area is 79.9 Å². The van der Waals surface area contributed by atoms with E-state index in [0.717, 1.165) is 0 Å². The first-order chi connectivity index (χ1) is 5.16. The van der Waals surface area contributed by atoms with Crippen LogP contribution in [0.25, 0.3) is 0 Å². The summed E-state index contributed by atoms with van der Waals surface area (Å²) in [5.41, 5.74) is 0.0140. The van der Waals surface area contributed by atoms with E-state index in [2.05, 4.69) is 36.8 Å². The van der Waals surface area contributed by atoms with E-state index in [9.17, 15) is 5.11 Å². The molecule has 11 heavy (non-hydrogen) atoms. The molecule has 1 aromatic rings. The fraction of sp³-hybridized carbons (Fsp3) is 0. The summed E-state index contributed by atoms with van der Waals surface area (Å²) in [5, 5.41) is 17.6. The molecule has 0 spiro atoms. The molecular formula is C6H2Br2N2O. The first kappa shape index (κ1) is 8.50. The third-order valence-corrected chi connectivity index (χ3v) is 2.99. The molecule has 0 unspecified atom stereocenters.